The Kier molecular flexibility index (Phi) is 6.03. The molecule has 2 heterocycles. The van der Waals surface area contributed by atoms with Gasteiger partial charge in [-0.3, -0.25) is 4.79 Å². The highest BCUT2D eigenvalue weighted by molar-refractivity contribution is 5.92. The fourth-order valence-corrected chi connectivity index (χ4v) is 4.13. The van der Waals surface area contributed by atoms with E-state index in [1.165, 1.54) is 23.1 Å². The minimum absolute atomic E-state index is 0.0128. The summed E-state index contributed by atoms with van der Waals surface area (Å²) in [7, 11) is 0. The summed E-state index contributed by atoms with van der Waals surface area (Å²) in [6, 6.07) is 19.0. The number of carbonyl (C=O) groups is 1. The fourth-order valence-electron chi connectivity index (χ4n) is 4.13. The maximum absolute atomic E-state index is 13.2. The summed E-state index contributed by atoms with van der Waals surface area (Å²) in [5, 5.41) is 8.40. The molecule has 0 aliphatic carbocycles. The van der Waals surface area contributed by atoms with Gasteiger partial charge in [-0.1, -0.05) is 59.8 Å². The van der Waals surface area contributed by atoms with Crippen molar-refractivity contribution in [2.24, 2.45) is 0 Å². The highest BCUT2D eigenvalue weighted by Crippen LogP contribution is 2.23. The van der Waals surface area contributed by atoms with Gasteiger partial charge in [0, 0.05) is 12.6 Å². The molecule has 1 aliphatic heterocycles. The SMILES string of the molecule is Cc1ccccc1Cn1cc(C(=O)N2CCCCC2CCc2ccccc2)nn1. The van der Waals surface area contributed by atoms with Crippen LogP contribution < -0.4 is 0 Å². The van der Waals surface area contributed by atoms with Crippen molar-refractivity contribution in [2.45, 2.75) is 51.6 Å². The predicted molar refractivity (Wildman–Crippen MR) is 114 cm³/mol. The van der Waals surface area contributed by atoms with Crippen molar-refractivity contribution >= 4 is 5.91 Å². The maximum atomic E-state index is 13.2. The van der Waals surface area contributed by atoms with Gasteiger partial charge in [0.25, 0.3) is 5.91 Å². The standard InChI is InChI=1S/C24H28N4O/c1-19-9-5-6-12-21(19)17-27-18-23(25-26-27)24(29)28-16-8-7-13-22(28)15-14-20-10-3-2-4-11-20/h2-6,9-12,18,22H,7-8,13-17H2,1H3. The second kappa shape index (κ2) is 9.03. The second-order valence-corrected chi connectivity index (χ2v) is 7.90. The first-order valence-electron chi connectivity index (χ1n) is 10.5. The zero-order valence-corrected chi connectivity index (χ0v) is 17.0. The molecule has 1 unspecified atom stereocenters. The lowest BCUT2D eigenvalue weighted by molar-refractivity contribution is 0.0595. The van der Waals surface area contributed by atoms with Gasteiger partial charge in [-0.25, -0.2) is 4.68 Å². The number of nitrogens with zero attached hydrogens (tertiary/aromatic N) is 4. The number of piperidine rings is 1. The molecule has 150 valence electrons. The molecule has 1 fully saturated rings. The first kappa shape index (κ1) is 19.4. The molecular weight excluding hydrogens is 360 g/mol. The minimum atomic E-state index is 0.0128. The topological polar surface area (TPSA) is 51.0 Å². The van der Waals surface area contributed by atoms with E-state index < -0.39 is 0 Å². The predicted octanol–water partition coefficient (Wildman–Crippen LogP) is 4.26. The van der Waals surface area contributed by atoms with Crippen molar-refractivity contribution in [3.05, 3.63) is 83.2 Å². The third-order valence-corrected chi connectivity index (χ3v) is 5.85. The van der Waals surface area contributed by atoms with Gasteiger partial charge in [-0.05, 0) is 55.7 Å². The van der Waals surface area contributed by atoms with Gasteiger partial charge in [0.15, 0.2) is 5.69 Å². The molecule has 29 heavy (non-hydrogen) atoms. The van der Waals surface area contributed by atoms with Crippen LogP contribution in [-0.4, -0.2) is 38.4 Å². The minimum Gasteiger partial charge on any atom is -0.334 e. The molecular formula is C24H28N4O. The Hall–Kier alpha value is -2.95. The monoisotopic (exact) mass is 388 g/mol. The zero-order valence-electron chi connectivity index (χ0n) is 17.0. The molecule has 0 spiro atoms. The molecule has 0 radical (unpaired) electrons. The summed E-state index contributed by atoms with van der Waals surface area (Å²) >= 11 is 0. The number of likely N-dealkylation sites (tertiary alicyclic amines) is 1. The van der Waals surface area contributed by atoms with Crippen LogP contribution in [0, 0.1) is 6.92 Å². The molecule has 5 heteroatoms. The number of hydrogen-bond acceptors (Lipinski definition) is 3. The number of aryl methyl sites for hydroxylation is 2. The average Bonchev–Trinajstić information content (AvgIpc) is 3.23. The molecule has 3 aromatic rings. The zero-order chi connectivity index (χ0) is 20.1. The van der Waals surface area contributed by atoms with Gasteiger partial charge in [0.05, 0.1) is 12.7 Å². The van der Waals surface area contributed by atoms with Crippen LogP contribution in [0.2, 0.25) is 0 Å². The molecule has 1 saturated heterocycles. The molecule has 0 bridgehead atoms. The third-order valence-electron chi connectivity index (χ3n) is 5.85. The van der Waals surface area contributed by atoms with Crippen LogP contribution in [0.4, 0.5) is 0 Å². The highest BCUT2D eigenvalue weighted by Gasteiger charge is 2.28. The van der Waals surface area contributed by atoms with Crippen molar-refractivity contribution in [3.63, 3.8) is 0 Å². The summed E-state index contributed by atoms with van der Waals surface area (Å²) < 4.78 is 1.76. The van der Waals surface area contributed by atoms with Crippen molar-refractivity contribution in [2.75, 3.05) is 6.54 Å². The van der Waals surface area contributed by atoms with Crippen LogP contribution in [0.25, 0.3) is 0 Å². The molecule has 1 amide bonds. The summed E-state index contributed by atoms with van der Waals surface area (Å²) in [5.74, 6) is 0.0128. The maximum Gasteiger partial charge on any atom is 0.276 e. The van der Waals surface area contributed by atoms with Gasteiger partial charge in [-0.2, -0.15) is 0 Å². The molecule has 2 aromatic carbocycles. The molecule has 0 N–H and O–H groups in total. The molecule has 1 atom stereocenters. The largest absolute Gasteiger partial charge is 0.334 e. The first-order chi connectivity index (χ1) is 14.2. The van der Waals surface area contributed by atoms with Crippen molar-refractivity contribution in [1.29, 1.82) is 0 Å². The number of hydrogen-bond donors (Lipinski definition) is 0. The van der Waals surface area contributed by atoms with E-state index in [4.69, 9.17) is 0 Å². The van der Waals surface area contributed by atoms with Crippen LogP contribution >= 0.6 is 0 Å². The van der Waals surface area contributed by atoms with Gasteiger partial charge in [0.2, 0.25) is 0 Å². The molecule has 4 rings (SSSR count). The van der Waals surface area contributed by atoms with Crippen molar-refractivity contribution < 1.29 is 4.79 Å². The normalized spacial score (nSPS) is 16.7. The molecule has 1 aliphatic rings. The Morgan fingerprint density at radius 3 is 2.69 bits per heavy atom. The Bertz CT molecular complexity index is 950. The van der Waals surface area contributed by atoms with E-state index in [9.17, 15) is 4.79 Å². The van der Waals surface area contributed by atoms with Gasteiger partial charge < -0.3 is 4.90 Å². The quantitative estimate of drug-likeness (QED) is 0.634. The van der Waals surface area contributed by atoms with Gasteiger partial charge >= 0.3 is 0 Å². The lowest BCUT2D eigenvalue weighted by Gasteiger charge is -2.35. The van der Waals surface area contributed by atoms with E-state index in [2.05, 4.69) is 53.6 Å². The van der Waals surface area contributed by atoms with E-state index in [-0.39, 0.29) is 11.9 Å². The van der Waals surface area contributed by atoms with Crippen LogP contribution in [0.1, 0.15) is 52.9 Å². The van der Waals surface area contributed by atoms with Gasteiger partial charge in [0.1, 0.15) is 0 Å². The Morgan fingerprint density at radius 1 is 1.07 bits per heavy atom. The van der Waals surface area contributed by atoms with E-state index in [0.29, 0.717) is 12.2 Å². The number of carbonyl (C=O) groups excluding carboxylic acids is 1. The summed E-state index contributed by atoms with van der Waals surface area (Å²) in [4.78, 5) is 15.2. The van der Waals surface area contributed by atoms with Crippen molar-refractivity contribution in [1.82, 2.24) is 19.9 Å². The first-order valence-corrected chi connectivity index (χ1v) is 10.5. The van der Waals surface area contributed by atoms with E-state index >= 15 is 0 Å². The van der Waals surface area contributed by atoms with Crippen molar-refractivity contribution in [3.8, 4) is 0 Å². The number of rotatable bonds is 6. The van der Waals surface area contributed by atoms with Crippen LogP contribution in [0.3, 0.4) is 0 Å². The summed E-state index contributed by atoms with van der Waals surface area (Å²) in [6.07, 6.45) is 7.09. The number of amides is 1. The molecule has 0 saturated carbocycles. The average molecular weight is 389 g/mol. The molecule has 1 aromatic heterocycles. The number of benzene rings is 2. The second-order valence-electron chi connectivity index (χ2n) is 7.90. The molecule has 5 nitrogen and oxygen atoms in total. The van der Waals surface area contributed by atoms with Gasteiger partial charge in [-0.15, -0.1) is 5.10 Å². The Morgan fingerprint density at radius 2 is 1.86 bits per heavy atom. The van der Waals surface area contributed by atoms with Crippen LogP contribution in [-0.2, 0) is 13.0 Å². The smallest absolute Gasteiger partial charge is 0.276 e. The fraction of sp³-hybridized carbons (Fsp3) is 0.375. The summed E-state index contributed by atoms with van der Waals surface area (Å²) in [6.45, 7) is 3.52. The Balaban J connectivity index is 1.43. The lowest BCUT2D eigenvalue weighted by atomic mass is 9.95. The highest BCUT2D eigenvalue weighted by atomic mass is 16.2. The third kappa shape index (κ3) is 4.73. The van der Waals surface area contributed by atoms with E-state index in [0.717, 1.165) is 32.2 Å². The van der Waals surface area contributed by atoms with E-state index in [1.54, 1.807) is 10.9 Å². The number of aromatic nitrogens is 3. The van der Waals surface area contributed by atoms with E-state index in [1.807, 2.05) is 23.1 Å². The Labute approximate surface area is 172 Å². The van der Waals surface area contributed by atoms with Crippen LogP contribution in [0.5, 0.6) is 0 Å². The van der Waals surface area contributed by atoms with Crippen LogP contribution in [0.15, 0.2) is 60.8 Å². The lowest BCUT2D eigenvalue weighted by Crippen LogP contribution is -2.44. The summed E-state index contributed by atoms with van der Waals surface area (Å²) in [5.41, 5.74) is 4.18.